The fourth-order valence-electron chi connectivity index (χ4n) is 6.49. The van der Waals surface area contributed by atoms with Gasteiger partial charge in [0, 0.05) is 92.4 Å². The van der Waals surface area contributed by atoms with Crippen molar-refractivity contribution in [3.63, 3.8) is 0 Å². The Kier molecular flexibility index (Phi) is 17.9. The first kappa shape index (κ1) is 51.0. The predicted molar refractivity (Wildman–Crippen MR) is 248 cm³/mol. The number of nitrogens with zero attached hydrogens (tertiary/aromatic N) is 10. The first-order valence-corrected chi connectivity index (χ1v) is 21.5. The van der Waals surface area contributed by atoms with Gasteiger partial charge in [-0.25, -0.2) is 0 Å². The van der Waals surface area contributed by atoms with Crippen molar-refractivity contribution < 1.29 is 51.0 Å². The van der Waals surface area contributed by atoms with Crippen molar-refractivity contribution in [2.45, 2.75) is 46.5 Å². The Hall–Kier alpha value is -6.65. The fraction of sp³-hybridized carbons (Fsp3) is 0.233. The minimum atomic E-state index is -0.583. The molecule has 18 nitrogen and oxygen atoms in total. The molecule has 0 amide bonds. The Balaban J connectivity index is 0.000000220. The molecule has 341 valence electrons. The molecular formula is C43H42ClCoN10O8S2-. The molecule has 2 aliphatic carbocycles. The van der Waals surface area contributed by atoms with Crippen molar-refractivity contribution in [3.8, 4) is 0 Å². The van der Waals surface area contributed by atoms with E-state index >= 15 is 0 Å². The van der Waals surface area contributed by atoms with Gasteiger partial charge in [-0.15, -0.1) is 0 Å². The fourth-order valence-corrected chi connectivity index (χ4v) is 7.77. The van der Waals surface area contributed by atoms with Crippen molar-refractivity contribution >= 4 is 90.4 Å². The number of thiazole rings is 2. The van der Waals surface area contributed by atoms with Gasteiger partial charge in [0.1, 0.15) is 30.0 Å². The maximum Gasteiger partial charge on any atom is 0.319 e. The van der Waals surface area contributed by atoms with Gasteiger partial charge >= 0.3 is 10.0 Å². The van der Waals surface area contributed by atoms with E-state index in [2.05, 4.69) is 124 Å². The molecule has 2 N–H and O–H groups in total. The number of aliphatic hydroxyl groups is 2. The standard InChI is InChI=1S/C25H32ClN2.2C9H6N4O4S.Co/c1-7-25(5)22-17-20(26)12-14-23(22)27(6)24(25)15-11-19-10-13-21(16-18(19)4)28(8-2)9-3;2*14-5-1-2-6(7(15)3-5)11-12-9-10-4-8(18-9)13(16)17;/h10-17H,7-9H2,1-6H3;2*1-4H,(H2,10,12,14,15);/q+1;;;/p-2. The Morgan fingerprint density at radius 3 is 1.77 bits per heavy atom. The number of aromatic nitrogens is 2. The van der Waals surface area contributed by atoms with Gasteiger partial charge in [-0.3, -0.25) is 40.0 Å². The molecule has 0 fully saturated rings. The van der Waals surface area contributed by atoms with Crippen molar-refractivity contribution in [3.05, 3.63) is 154 Å². The summed E-state index contributed by atoms with van der Waals surface area (Å²) in [4.78, 5) is 51.3. The molecule has 2 aromatic carbocycles. The SMILES string of the molecule is CCN(CC)c1ccc(/C=C/C2=[N+](C)c3ccc(Cl)cc3C2(C)CC)c(C)c1.O=C1C=CC(=NN=c2[n-]cc([N+](=O)[O-])s2)C(O)=C1.O=C1C=CC(=NN=c2[n-]cc([N+](=O)[O-])s2)C(O)=C1.[Co]. The van der Waals surface area contributed by atoms with Gasteiger partial charge in [-0.05, 0) is 99.9 Å². The zero-order valence-electron chi connectivity index (χ0n) is 35.7. The molecule has 65 heavy (non-hydrogen) atoms. The molecule has 2 aromatic heterocycles. The van der Waals surface area contributed by atoms with Gasteiger partial charge in [0.2, 0.25) is 5.69 Å². The first-order valence-electron chi connectivity index (χ1n) is 19.5. The average Bonchev–Trinajstić information content (AvgIpc) is 3.99. The monoisotopic (exact) mass is 984 g/mol. The predicted octanol–water partition coefficient (Wildman–Crippen LogP) is 7.50. The number of anilines is 1. The molecule has 1 atom stereocenters. The van der Waals surface area contributed by atoms with Gasteiger partial charge < -0.3 is 35.3 Å². The zero-order valence-corrected chi connectivity index (χ0v) is 39.1. The third-order valence-corrected chi connectivity index (χ3v) is 12.0. The molecule has 0 spiro atoms. The van der Waals surface area contributed by atoms with Crippen LogP contribution in [0.2, 0.25) is 5.02 Å². The van der Waals surface area contributed by atoms with E-state index < -0.39 is 9.85 Å². The summed E-state index contributed by atoms with van der Waals surface area (Å²) in [5, 5.41) is 54.7. The normalized spacial score (nSPS) is 18.2. The van der Waals surface area contributed by atoms with Crippen molar-refractivity contribution in [1.29, 1.82) is 0 Å². The van der Waals surface area contributed by atoms with Crippen LogP contribution in [0.1, 0.15) is 50.8 Å². The summed E-state index contributed by atoms with van der Waals surface area (Å²) >= 11 is 7.82. The summed E-state index contributed by atoms with van der Waals surface area (Å²) in [5.41, 5.74) is 7.91. The second kappa shape index (κ2) is 22.8. The number of aliphatic hydroxyl groups excluding tert-OH is 2. The van der Waals surface area contributed by atoms with Crippen molar-refractivity contribution in [1.82, 2.24) is 9.97 Å². The first-order chi connectivity index (χ1) is 30.5. The Morgan fingerprint density at radius 2 is 1.34 bits per heavy atom. The molecule has 3 aliphatic rings. The second-order valence-electron chi connectivity index (χ2n) is 14.0. The average molecular weight is 985 g/mol. The number of allylic oxidation sites excluding steroid dienone is 7. The van der Waals surface area contributed by atoms with Crippen LogP contribution in [0.4, 0.5) is 21.4 Å². The minimum Gasteiger partial charge on any atom is -0.506 e. The third kappa shape index (κ3) is 12.8. The van der Waals surface area contributed by atoms with E-state index in [0.717, 1.165) is 71.8 Å². The number of carbonyl (C=O) groups excluding carboxylic acids is 2. The number of carbonyl (C=O) groups is 2. The van der Waals surface area contributed by atoms with E-state index in [1.807, 2.05) is 6.07 Å². The largest absolute Gasteiger partial charge is 0.506 e. The summed E-state index contributed by atoms with van der Waals surface area (Å²) in [6.45, 7) is 13.2. The summed E-state index contributed by atoms with van der Waals surface area (Å²) in [7, 11) is 2.16. The summed E-state index contributed by atoms with van der Waals surface area (Å²) in [5.74, 6) is -1.32. The van der Waals surface area contributed by atoms with E-state index in [-0.39, 0.29) is 76.3 Å². The Morgan fingerprint density at radius 1 is 0.815 bits per heavy atom. The van der Waals surface area contributed by atoms with Gasteiger partial charge in [0.05, 0.1) is 15.3 Å². The molecule has 1 aliphatic heterocycles. The molecule has 1 unspecified atom stereocenters. The van der Waals surface area contributed by atoms with Gasteiger partial charge in [-0.2, -0.15) is 4.58 Å². The van der Waals surface area contributed by atoms with E-state index in [9.17, 15) is 40.0 Å². The second-order valence-corrected chi connectivity index (χ2v) is 16.4. The molecule has 0 saturated heterocycles. The third-order valence-electron chi connectivity index (χ3n) is 10.1. The van der Waals surface area contributed by atoms with Gasteiger partial charge in [-0.1, -0.05) is 47.3 Å². The number of hydrogen-bond acceptors (Lipinski definition) is 15. The maximum atomic E-state index is 10.9. The number of rotatable bonds is 10. The molecule has 0 saturated carbocycles. The topological polar surface area (TPSA) is 245 Å². The summed E-state index contributed by atoms with van der Waals surface area (Å²) < 4.78 is 2.31. The number of halogens is 1. The Bertz CT molecular complexity index is 2780. The molecule has 0 bridgehead atoms. The number of nitro groups is 2. The van der Waals surface area contributed by atoms with E-state index in [4.69, 9.17) is 11.6 Å². The van der Waals surface area contributed by atoms with Crippen LogP contribution in [0.25, 0.3) is 6.08 Å². The molecular weight excluding hydrogens is 943 g/mol. The maximum absolute atomic E-state index is 10.9. The molecule has 22 heteroatoms. The van der Waals surface area contributed by atoms with Crippen LogP contribution >= 0.6 is 34.3 Å². The van der Waals surface area contributed by atoms with Crippen molar-refractivity contribution in [2.75, 3.05) is 25.0 Å². The van der Waals surface area contributed by atoms with Gasteiger partial charge in [0.15, 0.2) is 17.3 Å². The number of aryl methyl sites for hydroxylation is 1. The van der Waals surface area contributed by atoms with Crippen LogP contribution < -0.4 is 24.5 Å². The number of ketones is 2. The van der Waals surface area contributed by atoms with Gasteiger partial charge in [0.25, 0.3) is 0 Å². The van der Waals surface area contributed by atoms with Crippen LogP contribution in [0, 0.1) is 27.2 Å². The summed E-state index contributed by atoms with van der Waals surface area (Å²) in [6.07, 6.45) is 14.7. The van der Waals surface area contributed by atoms with Crippen molar-refractivity contribution in [2.24, 2.45) is 20.4 Å². The number of benzene rings is 2. The van der Waals surface area contributed by atoms with E-state index in [0.29, 0.717) is 0 Å². The molecule has 4 aromatic rings. The van der Waals surface area contributed by atoms with Crippen LogP contribution in [-0.4, -0.2) is 73.5 Å². The number of fused-ring (bicyclic) bond motifs is 1. The molecule has 3 heterocycles. The van der Waals surface area contributed by atoms with Crippen LogP contribution in [-0.2, 0) is 31.8 Å². The summed E-state index contributed by atoms with van der Waals surface area (Å²) in [6, 6.07) is 13.0. The van der Waals surface area contributed by atoms with Crippen LogP contribution in [0.15, 0.2) is 123 Å². The van der Waals surface area contributed by atoms with Crippen LogP contribution in [0.5, 0.6) is 0 Å². The van der Waals surface area contributed by atoms with E-state index in [1.54, 1.807) is 0 Å². The quantitative estimate of drug-likeness (QED) is 0.0682. The molecule has 7 rings (SSSR count). The van der Waals surface area contributed by atoms with E-state index in [1.165, 1.54) is 58.1 Å². The van der Waals surface area contributed by atoms with Crippen LogP contribution in [0.3, 0.4) is 0 Å². The zero-order chi connectivity index (χ0) is 46.7. The smallest absolute Gasteiger partial charge is 0.319 e. The Labute approximate surface area is 395 Å². The number of hydrogen-bond donors (Lipinski definition) is 2. The molecule has 1 radical (unpaired) electrons. The minimum absolute atomic E-state index is 0.